The van der Waals surface area contributed by atoms with Crippen molar-refractivity contribution in [2.45, 2.75) is 52.9 Å². The first-order valence-corrected chi connectivity index (χ1v) is 7.67. The molecule has 0 unspecified atom stereocenters. The molecule has 0 amide bonds. The summed E-state index contributed by atoms with van der Waals surface area (Å²) < 4.78 is 0. The standard InChI is InChI=1S/C18H23NO2/c1-4-5-6-7-8-14-9-10-16-15(11-14)12(2)17(18(20)21)13(3)19-16/h9-11H,4-8H2,1-3H3,(H,20,21). The van der Waals surface area contributed by atoms with Gasteiger partial charge >= 0.3 is 5.97 Å². The topological polar surface area (TPSA) is 50.2 Å². The molecule has 0 atom stereocenters. The van der Waals surface area contributed by atoms with Crippen LogP contribution in [0.25, 0.3) is 10.9 Å². The number of rotatable bonds is 6. The van der Waals surface area contributed by atoms with Gasteiger partial charge in [-0.15, -0.1) is 0 Å². The second-order valence-electron chi connectivity index (χ2n) is 5.66. The lowest BCUT2D eigenvalue weighted by molar-refractivity contribution is 0.0695. The van der Waals surface area contributed by atoms with Crippen molar-refractivity contribution in [1.29, 1.82) is 0 Å². The second-order valence-corrected chi connectivity index (χ2v) is 5.66. The highest BCUT2D eigenvalue weighted by atomic mass is 16.4. The van der Waals surface area contributed by atoms with Gasteiger partial charge in [-0.1, -0.05) is 32.3 Å². The summed E-state index contributed by atoms with van der Waals surface area (Å²) in [5.74, 6) is -0.896. The van der Waals surface area contributed by atoms with Gasteiger partial charge in [-0.25, -0.2) is 4.79 Å². The molecule has 3 heteroatoms. The molecule has 0 bridgehead atoms. The lowest BCUT2D eigenvalue weighted by Crippen LogP contribution is -2.06. The van der Waals surface area contributed by atoms with Crippen molar-refractivity contribution >= 4 is 16.9 Å². The molecule has 0 fully saturated rings. The molecule has 1 aromatic carbocycles. The van der Waals surface area contributed by atoms with E-state index in [1.54, 1.807) is 6.92 Å². The summed E-state index contributed by atoms with van der Waals surface area (Å²) in [4.78, 5) is 15.8. The number of carboxylic acid groups (broad SMARTS) is 1. The summed E-state index contributed by atoms with van der Waals surface area (Å²) in [6, 6.07) is 6.23. The Balaban J connectivity index is 2.35. The summed E-state index contributed by atoms with van der Waals surface area (Å²) in [6.45, 7) is 5.84. The fourth-order valence-electron chi connectivity index (χ4n) is 2.85. The molecular formula is C18H23NO2. The van der Waals surface area contributed by atoms with Crippen LogP contribution in [0, 0.1) is 13.8 Å². The Morgan fingerprint density at radius 1 is 1.19 bits per heavy atom. The maximum absolute atomic E-state index is 11.4. The Morgan fingerprint density at radius 3 is 2.62 bits per heavy atom. The van der Waals surface area contributed by atoms with E-state index in [9.17, 15) is 9.90 Å². The van der Waals surface area contributed by atoms with Gasteiger partial charge in [0.05, 0.1) is 16.8 Å². The van der Waals surface area contributed by atoms with E-state index in [-0.39, 0.29) is 0 Å². The molecule has 0 spiro atoms. The van der Waals surface area contributed by atoms with Crippen LogP contribution in [0.3, 0.4) is 0 Å². The number of aromatic nitrogens is 1. The van der Waals surface area contributed by atoms with Crippen LogP contribution in [0.5, 0.6) is 0 Å². The normalized spacial score (nSPS) is 11.0. The Hall–Kier alpha value is -1.90. The van der Waals surface area contributed by atoms with E-state index in [2.05, 4.69) is 24.0 Å². The number of aryl methyl sites for hydroxylation is 3. The minimum Gasteiger partial charge on any atom is -0.478 e. The van der Waals surface area contributed by atoms with Gasteiger partial charge in [-0.2, -0.15) is 0 Å². The van der Waals surface area contributed by atoms with Crippen LogP contribution in [0.2, 0.25) is 0 Å². The predicted molar refractivity (Wildman–Crippen MR) is 86.0 cm³/mol. The van der Waals surface area contributed by atoms with E-state index < -0.39 is 5.97 Å². The summed E-state index contributed by atoms with van der Waals surface area (Å²) in [6.07, 6.45) is 5.99. The SMILES string of the molecule is CCCCCCc1ccc2nc(C)c(C(=O)O)c(C)c2c1. The quantitative estimate of drug-likeness (QED) is 0.784. The van der Waals surface area contributed by atoms with Crippen molar-refractivity contribution in [1.82, 2.24) is 4.98 Å². The number of aromatic carboxylic acids is 1. The first-order valence-electron chi connectivity index (χ1n) is 7.67. The zero-order valence-corrected chi connectivity index (χ0v) is 13.1. The molecule has 0 aliphatic carbocycles. The summed E-state index contributed by atoms with van der Waals surface area (Å²) in [5.41, 5.74) is 3.89. The van der Waals surface area contributed by atoms with E-state index in [0.717, 1.165) is 22.9 Å². The summed E-state index contributed by atoms with van der Waals surface area (Å²) >= 11 is 0. The molecule has 21 heavy (non-hydrogen) atoms. The third-order valence-electron chi connectivity index (χ3n) is 4.02. The smallest absolute Gasteiger partial charge is 0.337 e. The summed E-state index contributed by atoms with van der Waals surface area (Å²) in [7, 11) is 0. The van der Waals surface area contributed by atoms with Gasteiger partial charge in [0, 0.05) is 5.39 Å². The van der Waals surface area contributed by atoms with Gasteiger partial charge < -0.3 is 5.11 Å². The Labute approximate surface area is 126 Å². The maximum atomic E-state index is 11.4. The van der Waals surface area contributed by atoms with Crippen LogP contribution in [0.1, 0.15) is 59.8 Å². The van der Waals surface area contributed by atoms with Crippen LogP contribution >= 0.6 is 0 Å². The number of benzene rings is 1. The van der Waals surface area contributed by atoms with Gasteiger partial charge in [-0.3, -0.25) is 4.98 Å². The van der Waals surface area contributed by atoms with Crippen molar-refractivity contribution in [3.05, 3.63) is 40.6 Å². The monoisotopic (exact) mass is 285 g/mol. The minimum absolute atomic E-state index is 0.339. The molecule has 0 aliphatic heterocycles. The van der Waals surface area contributed by atoms with Crippen LogP contribution in [0.15, 0.2) is 18.2 Å². The third kappa shape index (κ3) is 3.41. The zero-order chi connectivity index (χ0) is 15.4. The van der Waals surface area contributed by atoms with Crippen LogP contribution in [-0.2, 0) is 6.42 Å². The van der Waals surface area contributed by atoms with Crippen molar-refractivity contribution in [2.75, 3.05) is 0 Å². The van der Waals surface area contributed by atoms with Crippen molar-refractivity contribution in [3.8, 4) is 0 Å². The first-order chi connectivity index (χ1) is 10.0. The molecule has 2 rings (SSSR count). The Kier molecular flexibility index (Phi) is 4.94. The Morgan fingerprint density at radius 2 is 1.95 bits per heavy atom. The number of fused-ring (bicyclic) bond motifs is 1. The van der Waals surface area contributed by atoms with Crippen molar-refractivity contribution in [2.24, 2.45) is 0 Å². The molecular weight excluding hydrogens is 262 g/mol. The van der Waals surface area contributed by atoms with Gasteiger partial charge in [0.15, 0.2) is 0 Å². The number of pyridine rings is 1. The molecule has 0 radical (unpaired) electrons. The molecule has 112 valence electrons. The zero-order valence-electron chi connectivity index (χ0n) is 13.1. The highest BCUT2D eigenvalue weighted by Gasteiger charge is 2.15. The fraction of sp³-hybridized carbons (Fsp3) is 0.444. The second kappa shape index (κ2) is 6.70. The molecule has 0 saturated heterocycles. The number of unbranched alkanes of at least 4 members (excludes halogenated alkanes) is 3. The number of hydrogen-bond acceptors (Lipinski definition) is 2. The molecule has 2 aromatic rings. The van der Waals surface area contributed by atoms with E-state index in [0.29, 0.717) is 11.3 Å². The van der Waals surface area contributed by atoms with Gasteiger partial charge in [0.2, 0.25) is 0 Å². The average molecular weight is 285 g/mol. The van der Waals surface area contributed by atoms with Crippen molar-refractivity contribution < 1.29 is 9.90 Å². The highest BCUT2D eigenvalue weighted by Crippen LogP contribution is 2.24. The van der Waals surface area contributed by atoms with Crippen molar-refractivity contribution in [3.63, 3.8) is 0 Å². The molecule has 0 saturated carbocycles. The lowest BCUT2D eigenvalue weighted by Gasteiger charge is -2.10. The van der Waals surface area contributed by atoms with Crippen LogP contribution in [-0.4, -0.2) is 16.1 Å². The van der Waals surface area contributed by atoms with E-state index >= 15 is 0 Å². The first kappa shape index (κ1) is 15.5. The predicted octanol–water partition coefficient (Wildman–Crippen LogP) is 4.67. The number of nitrogens with zero attached hydrogens (tertiary/aromatic N) is 1. The Bertz CT molecular complexity index is 662. The number of carbonyl (C=O) groups is 1. The van der Waals surface area contributed by atoms with E-state index in [1.165, 1.54) is 31.2 Å². The van der Waals surface area contributed by atoms with Gasteiger partial charge in [0.1, 0.15) is 0 Å². The highest BCUT2D eigenvalue weighted by molar-refractivity contribution is 5.97. The lowest BCUT2D eigenvalue weighted by atomic mass is 9.98. The minimum atomic E-state index is -0.896. The van der Waals surface area contributed by atoms with Crippen LogP contribution in [0.4, 0.5) is 0 Å². The molecule has 1 N–H and O–H groups in total. The average Bonchev–Trinajstić information content (AvgIpc) is 2.43. The van der Waals surface area contributed by atoms with Gasteiger partial charge in [-0.05, 0) is 49.9 Å². The van der Waals surface area contributed by atoms with Crippen LogP contribution < -0.4 is 0 Å². The number of hydrogen-bond donors (Lipinski definition) is 1. The largest absolute Gasteiger partial charge is 0.478 e. The molecule has 1 heterocycles. The van der Waals surface area contributed by atoms with Gasteiger partial charge in [0.25, 0.3) is 0 Å². The molecule has 0 aliphatic rings. The maximum Gasteiger partial charge on any atom is 0.337 e. The van der Waals surface area contributed by atoms with E-state index in [4.69, 9.17) is 0 Å². The third-order valence-corrected chi connectivity index (χ3v) is 4.02. The summed E-state index contributed by atoms with van der Waals surface area (Å²) in [5, 5.41) is 10.3. The molecule has 1 aromatic heterocycles. The fourth-order valence-corrected chi connectivity index (χ4v) is 2.85. The number of carboxylic acids is 1. The molecule has 3 nitrogen and oxygen atoms in total. The van der Waals surface area contributed by atoms with E-state index in [1.807, 2.05) is 13.0 Å².